The summed E-state index contributed by atoms with van der Waals surface area (Å²) < 4.78 is 138. The lowest BCUT2D eigenvalue weighted by Crippen LogP contribution is -2.61. The van der Waals surface area contributed by atoms with Crippen molar-refractivity contribution >= 4 is 29.8 Å². The number of ether oxygens (including phenoxy) is 4. The number of nitro groups is 1. The Labute approximate surface area is 284 Å². The molecule has 1 N–H and O–H groups in total. The van der Waals surface area contributed by atoms with Gasteiger partial charge in [0.15, 0.2) is 0 Å². The van der Waals surface area contributed by atoms with Crippen molar-refractivity contribution in [2.75, 3.05) is 20.3 Å². The van der Waals surface area contributed by atoms with Crippen LogP contribution in [0.3, 0.4) is 0 Å². The van der Waals surface area contributed by atoms with Gasteiger partial charge in [-0.15, -0.1) is 0 Å². The van der Waals surface area contributed by atoms with Crippen LogP contribution in [0.1, 0.15) is 45.5 Å². The quantitative estimate of drug-likeness (QED) is 0.0842. The Morgan fingerprint density at radius 1 is 0.865 bits per heavy atom. The van der Waals surface area contributed by atoms with Crippen LogP contribution in [0.5, 0.6) is 0 Å². The first-order valence-corrected chi connectivity index (χ1v) is 14.3. The highest BCUT2D eigenvalue weighted by atomic mass is 19.4. The number of hydrogen-bond acceptors (Lipinski definition) is 11. The SMILES string of the molecule is COC(=O)OC1=C(CN2C(=O)c3ccccc3C2=O)NC(C)=C(OC(=O)OCCC(F)(F)C(F)(F)C(F)(F)C(F)(F)F)C1c1cccc([N+](=O)[O-])c1. The number of amides is 2. The summed E-state index contributed by atoms with van der Waals surface area (Å²) in [6, 6.07) is 9.94. The Balaban J connectivity index is 1.69. The van der Waals surface area contributed by atoms with E-state index < -0.39 is 95.7 Å². The number of dihydropyridines is 1. The number of methoxy groups -OCH3 is 1. The average molecular weight is 755 g/mol. The maximum atomic E-state index is 14.0. The third-order valence-corrected chi connectivity index (χ3v) is 7.54. The molecule has 280 valence electrons. The van der Waals surface area contributed by atoms with Crippen LogP contribution >= 0.6 is 0 Å². The number of nitrogens with zero attached hydrogens (tertiary/aromatic N) is 2. The molecule has 0 saturated heterocycles. The number of halogens is 9. The minimum absolute atomic E-state index is 0.0130. The number of alkyl halides is 9. The molecule has 22 heteroatoms. The van der Waals surface area contributed by atoms with Crippen LogP contribution in [0, 0.1) is 10.1 Å². The molecule has 4 rings (SSSR count). The van der Waals surface area contributed by atoms with Gasteiger partial charge in [-0.05, 0) is 24.6 Å². The van der Waals surface area contributed by atoms with Gasteiger partial charge in [0.1, 0.15) is 24.0 Å². The average Bonchev–Trinajstić information content (AvgIpc) is 3.30. The molecular weight excluding hydrogens is 733 g/mol. The highest BCUT2D eigenvalue weighted by Crippen LogP contribution is 2.54. The zero-order chi connectivity index (χ0) is 39.0. The van der Waals surface area contributed by atoms with E-state index in [9.17, 15) is 68.8 Å². The monoisotopic (exact) mass is 755 g/mol. The first kappa shape index (κ1) is 39.0. The highest BCUT2D eigenvalue weighted by Gasteiger charge is 2.81. The second kappa shape index (κ2) is 14.1. The van der Waals surface area contributed by atoms with Crippen LogP contribution in [-0.4, -0.2) is 78.2 Å². The molecule has 0 aliphatic carbocycles. The number of non-ortho nitro benzene ring substituents is 1. The molecule has 1 unspecified atom stereocenters. The predicted octanol–water partition coefficient (Wildman–Crippen LogP) is 6.82. The number of hydrogen-bond donors (Lipinski definition) is 1. The number of allylic oxidation sites excluding steroid dienone is 1. The summed E-state index contributed by atoms with van der Waals surface area (Å²) in [6.07, 6.45) is -13.1. The van der Waals surface area contributed by atoms with Crippen molar-refractivity contribution in [1.82, 2.24) is 10.2 Å². The first-order chi connectivity index (χ1) is 24.1. The van der Waals surface area contributed by atoms with Crippen LogP contribution < -0.4 is 5.32 Å². The van der Waals surface area contributed by atoms with E-state index in [-0.39, 0.29) is 28.1 Å². The smallest absolute Gasteiger partial charge is 0.437 e. The van der Waals surface area contributed by atoms with Crippen LogP contribution in [0.15, 0.2) is 71.4 Å². The third-order valence-electron chi connectivity index (χ3n) is 7.54. The topological polar surface area (TPSA) is 164 Å². The number of nitrogens with one attached hydrogen (secondary N) is 1. The second-order valence-electron chi connectivity index (χ2n) is 10.8. The van der Waals surface area contributed by atoms with Crippen molar-refractivity contribution < 1.29 is 82.6 Å². The van der Waals surface area contributed by atoms with Gasteiger partial charge in [0.05, 0.1) is 47.5 Å². The van der Waals surface area contributed by atoms with E-state index in [1.165, 1.54) is 30.3 Å². The molecule has 2 heterocycles. The molecule has 13 nitrogen and oxygen atoms in total. The van der Waals surface area contributed by atoms with E-state index in [0.717, 1.165) is 37.1 Å². The van der Waals surface area contributed by atoms with Gasteiger partial charge in [0, 0.05) is 12.1 Å². The molecule has 2 amide bonds. The third kappa shape index (κ3) is 7.17. The van der Waals surface area contributed by atoms with Crippen molar-refractivity contribution in [3.63, 3.8) is 0 Å². The van der Waals surface area contributed by atoms with E-state index >= 15 is 0 Å². The van der Waals surface area contributed by atoms with Gasteiger partial charge in [-0.3, -0.25) is 24.6 Å². The summed E-state index contributed by atoms with van der Waals surface area (Å²) in [5.41, 5.74) is -1.26. The summed E-state index contributed by atoms with van der Waals surface area (Å²) >= 11 is 0. The van der Waals surface area contributed by atoms with Gasteiger partial charge in [0.2, 0.25) is 0 Å². The number of imide groups is 1. The zero-order valence-electron chi connectivity index (χ0n) is 26.2. The minimum atomic E-state index is -7.18. The fraction of sp³-hybridized carbons (Fsp3) is 0.333. The lowest BCUT2D eigenvalue weighted by atomic mass is 9.90. The van der Waals surface area contributed by atoms with Gasteiger partial charge in [-0.1, -0.05) is 24.3 Å². The van der Waals surface area contributed by atoms with Crippen molar-refractivity contribution in [3.8, 4) is 0 Å². The normalized spacial score (nSPS) is 16.8. The molecule has 2 aromatic carbocycles. The summed E-state index contributed by atoms with van der Waals surface area (Å²) in [7, 11) is 0.866. The van der Waals surface area contributed by atoms with Gasteiger partial charge >= 0.3 is 36.3 Å². The van der Waals surface area contributed by atoms with Crippen LogP contribution in [-0.2, 0) is 18.9 Å². The molecule has 52 heavy (non-hydrogen) atoms. The van der Waals surface area contributed by atoms with E-state index in [1.807, 2.05) is 0 Å². The molecule has 0 aromatic heterocycles. The second-order valence-corrected chi connectivity index (χ2v) is 10.8. The standard InChI is InChI=1S/C30H22F9N3O10/c1-14-21(51-26(46)50-11-10-27(31,32)28(33,34)29(35,36)30(37,38)39)20(15-6-5-7-16(12-15)42(47)48)22(52-25(45)49-2)19(40-14)13-41-23(43)17-8-3-4-9-18(17)24(41)44/h3-9,12,20,40H,10-11,13H2,1-2H3. The number of carbonyl (C=O) groups is 4. The number of rotatable bonds is 11. The Morgan fingerprint density at radius 2 is 1.44 bits per heavy atom. The molecule has 0 saturated carbocycles. The lowest BCUT2D eigenvalue weighted by molar-refractivity contribution is -0.397. The molecule has 0 fully saturated rings. The van der Waals surface area contributed by atoms with Crippen LogP contribution in [0.25, 0.3) is 0 Å². The summed E-state index contributed by atoms with van der Waals surface area (Å²) in [5, 5.41) is 14.2. The number of benzene rings is 2. The van der Waals surface area contributed by atoms with Crippen molar-refractivity contribution in [3.05, 3.63) is 98.2 Å². The molecule has 0 bridgehead atoms. The van der Waals surface area contributed by atoms with Gasteiger partial charge in [-0.25, -0.2) is 9.59 Å². The van der Waals surface area contributed by atoms with E-state index in [2.05, 4.69) is 14.8 Å². The molecular formula is C30H22F9N3O10. The summed E-state index contributed by atoms with van der Waals surface area (Å²) in [6.45, 7) is -1.41. The van der Waals surface area contributed by atoms with Crippen molar-refractivity contribution in [1.29, 1.82) is 0 Å². The molecule has 0 radical (unpaired) electrons. The lowest BCUT2D eigenvalue weighted by Gasteiger charge is -2.33. The van der Waals surface area contributed by atoms with E-state index in [1.54, 1.807) is 0 Å². The van der Waals surface area contributed by atoms with Gasteiger partial charge in [0.25, 0.3) is 17.5 Å². The summed E-state index contributed by atoms with van der Waals surface area (Å²) in [4.78, 5) is 62.7. The zero-order valence-corrected chi connectivity index (χ0v) is 26.2. The molecule has 2 aliphatic heterocycles. The van der Waals surface area contributed by atoms with Crippen LogP contribution in [0.4, 0.5) is 54.8 Å². The minimum Gasteiger partial charge on any atom is -0.437 e. The maximum Gasteiger partial charge on any atom is 0.513 e. The Kier molecular flexibility index (Phi) is 10.5. The molecule has 2 aliphatic rings. The van der Waals surface area contributed by atoms with Crippen molar-refractivity contribution in [2.24, 2.45) is 0 Å². The Hall–Kier alpha value is -5.83. The number of carbonyl (C=O) groups excluding carboxylic acids is 4. The highest BCUT2D eigenvalue weighted by molar-refractivity contribution is 6.21. The largest absolute Gasteiger partial charge is 0.513 e. The molecule has 2 aromatic rings. The van der Waals surface area contributed by atoms with Gasteiger partial charge in [-0.2, -0.15) is 39.5 Å². The van der Waals surface area contributed by atoms with E-state index in [4.69, 9.17) is 9.47 Å². The van der Waals surface area contributed by atoms with E-state index in [0.29, 0.717) is 0 Å². The van der Waals surface area contributed by atoms with Gasteiger partial charge < -0.3 is 24.3 Å². The number of fused-ring (bicyclic) bond motifs is 1. The molecule has 0 spiro atoms. The Bertz CT molecular complexity index is 1840. The fourth-order valence-electron chi connectivity index (χ4n) is 4.97. The first-order valence-electron chi connectivity index (χ1n) is 14.3. The molecule has 1 atom stereocenters. The fourth-order valence-corrected chi connectivity index (χ4v) is 4.97. The maximum absolute atomic E-state index is 14.0. The Morgan fingerprint density at radius 3 is 1.98 bits per heavy atom. The summed E-state index contributed by atoms with van der Waals surface area (Å²) in [5.74, 6) is -24.9. The van der Waals surface area contributed by atoms with Crippen LogP contribution in [0.2, 0.25) is 0 Å². The predicted molar refractivity (Wildman–Crippen MR) is 152 cm³/mol. The number of nitro benzene ring substituents is 1. The van der Waals surface area contributed by atoms with Crippen molar-refractivity contribution in [2.45, 2.75) is 43.2 Å².